The number of hydrogen-bond donors (Lipinski definition) is 2. The fourth-order valence-electron chi connectivity index (χ4n) is 1.19. The monoisotopic (exact) mass is 245 g/mol. The minimum atomic E-state index is -0.936. The number of rotatable bonds is 3. The van der Waals surface area contributed by atoms with Crippen molar-refractivity contribution in [1.29, 1.82) is 0 Å². The van der Waals surface area contributed by atoms with Crippen molar-refractivity contribution in [2.24, 2.45) is 5.73 Å². The SMILES string of the molecule is N[C@@H](CC1=CC=C(Br)CC1)C(=O)O. The molecule has 0 bridgehead atoms. The lowest BCUT2D eigenvalue weighted by Gasteiger charge is -2.13. The van der Waals surface area contributed by atoms with Crippen molar-refractivity contribution in [2.45, 2.75) is 25.3 Å². The van der Waals surface area contributed by atoms with E-state index in [4.69, 9.17) is 10.8 Å². The highest BCUT2D eigenvalue weighted by atomic mass is 79.9. The summed E-state index contributed by atoms with van der Waals surface area (Å²) < 4.78 is 1.15. The summed E-state index contributed by atoms with van der Waals surface area (Å²) in [5.74, 6) is -0.936. The lowest BCUT2D eigenvalue weighted by atomic mass is 9.98. The van der Waals surface area contributed by atoms with Crippen molar-refractivity contribution in [2.75, 3.05) is 0 Å². The zero-order valence-electron chi connectivity index (χ0n) is 7.16. The van der Waals surface area contributed by atoms with Crippen LogP contribution in [0.5, 0.6) is 0 Å². The van der Waals surface area contributed by atoms with E-state index in [1.54, 1.807) is 0 Å². The normalized spacial score (nSPS) is 18.9. The van der Waals surface area contributed by atoms with Gasteiger partial charge in [0.15, 0.2) is 0 Å². The first-order chi connectivity index (χ1) is 6.09. The van der Waals surface area contributed by atoms with Gasteiger partial charge in [0.25, 0.3) is 0 Å². The van der Waals surface area contributed by atoms with E-state index in [1.165, 1.54) is 0 Å². The predicted octanol–water partition coefficient (Wildman–Crippen LogP) is 1.79. The van der Waals surface area contributed by atoms with E-state index in [0.29, 0.717) is 6.42 Å². The van der Waals surface area contributed by atoms with Gasteiger partial charge in [-0.05, 0) is 23.7 Å². The highest BCUT2D eigenvalue weighted by Gasteiger charge is 2.14. The molecule has 0 amide bonds. The maximum atomic E-state index is 10.5. The third-order valence-corrected chi connectivity index (χ3v) is 2.64. The van der Waals surface area contributed by atoms with Crippen molar-refractivity contribution in [1.82, 2.24) is 0 Å². The van der Waals surface area contributed by atoms with Crippen LogP contribution in [0.1, 0.15) is 19.3 Å². The largest absolute Gasteiger partial charge is 0.480 e. The molecule has 0 unspecified atom stereocenters. The molecule has 0 saturated carbocycles. The lowest BCUT2D eigenvalue weighted by molar-refractivity contribution is -0.138. The van der Waals surface area contributed by atoms with Crippen molar-refractivity contribution in [3.8, 4) is 0 Å². The van der Waals surface area contributed by atoms with Crippen LogP contribution in [0, 0.1) is 0 Å². The number of carbonyl (C=O) groups is 1. The molecule has 0 radical (unpaired) electrons. The molecule has 0 saturated heterocycles. The average molecular weight is 246 g/mol. The molecular weight excluding hydrogens is 234 g/mol. The predicted molar refractivity (Wildman–Crippen MR) is 54.6 cm³/mol. The molecule has 0 aromatic carbocycles. The zero-order chi connectivity index (χ0) is 9.84. The molecule has 0 heterocycles. The van der Waals surface area contributed by atoms with Gasteiger partial charge in [-0.3, -0.25) is 4.79 Å². The Balaban J connectivity index is 2.51. The first-order valence-electron chi connectivity index (χ1n) is 4.12. The second kappa shape index (κ2) is 4.58. The Morgan fingerprint density at radius 2 is 2.31 bits per heavy atom. The topological polar surface area (TPSA) is 63.3 Å². The fourth-order valence-corrected chi connectivity index (χ4v) is 1.53. The van der Waals surface area contributed by atoms with Gasteiger partial charge in [-0.25, -0.2) is 0 Å². The van der Waals surface area contributed by atoms with E-state index in [1.807, 2.05) is 12.2 Å². The molecule has 0 aliphatic heterocycles. The Bertz CT molecular complexity index is 271. The van der Waals surface area contributed by atoms with Gasteiger partial charge in [0.05, 0.1) is 0 Å². The number of halogens is 1. The molecule has 0 spiro atoms. The highest BCUT2D eigenvalue weighted by Crippen LogP contribution is 2.24. The van der Waals surface area contributed by atoms with Crippen LogP contribution < -0.4 is 5.73 Å². The molecule has 72 valence electrons. The van der Waals surface area contributed by atoms with Gasteiger partial charge < -0.3 is 10.8 Å². The van der Waals surface area contributed by atoms with Crippen LogP contribution in [0.3, 0.4) is 0 Å². The molecular formula is C9H12BrNO2. The number of carboxylic acid groups (broad SMARTS) is 1. The van der Waals surface area contributed by atoms with Crippen LogP contribution >= 0.6 is 15.9 Å². The zero-order valence-corrected chi connectivity index (χ0v) is 8.75. The molecule has 13 heavy (non-hydrogen) atoms. The minimum absolute atomic E-state index is 0.451. The van der Waals surface area contributed by atoms with Crippen LogP contribution in [0.4, 0.5) is 0 Å². The molecule has 4 heteroatoms. The number of allylic oxidation sites excluding steroid dienone is 3. The fraction of sp³-hybridized carbons (Fsp3) is 0.444. The Kier molecular flexibility index (Phi) is 3.69. The van der Waals surface area contributed by atoms with Crippen molar-refractivity contribution >= 4 is 21.9 Å². The Hall–Kier alpha value is -0.610. The maximum Gasteiger partial charge on any atom is 0.320 e. The molecule has 1 aliphatic rings. The summed E-state index contributed by atoms with van der Waals surface area (Å²) in [4.78, 5) is 10.5. The Labute approximate surface area is 85.4 Å². The van der Waals surface area contributed by atoms with Gasteiger partial charge >= 0.3 is 5.97 Å². The van der Waals surface area contributed by atoms with E-state index in [2.05, 4.69) is 15.9 Å². The highest BCUT2D eigenvalue weighted by molar-refractivity contribution is 9.11. The smallest absolute Gasteiger partial charge is 0.320 e. The van der Waals surface area contributed by atoms with E-state index in [0.717, 1.165) is 22.9 Å². The summed E-state index contributed by atoms with van der Waals surface area (Å²) in [5, 5.41) is 8.59. The summed E-state index contributed by atoms with van der Waals surface area (Å²) in [7, 11) is 0. The molecule has 1 aliphatic carbocycles. The van der Waals surface area contributed by atoms with Crippen LogP contribution in [0.25, 0.3) is 0 Å². The maximum absolute atomic E-state index is 10.5. The molecule has 0 fully saturated rings. The van der Waals surface area contributed by atoms with Crippen molar-refractivity contribution in [3.05, 3.63) is 22.2 Å². The summed E-state index contributed by atoms with van der Waals surface area (Å²) in [6.45, 7) is 0. The Morgan fingerprint density at radius 1 is 1.62 bits per heavy atom. The number of nitrogens with two attached hydrogens (primary N) is 1. The first kappa shape index (κ1) is 10.5. The number of hydrogen-bond acceptors (Lipinski definition) is 2. The van der Waals surface area contributed by atoms with Gasteiger partial charge in [0, 0.05) is 0 Å². The molecule has 3 nitrogen and oxygen atoms in total. The molecule has 0 aromatic rings. The van der Waals surface area contributed by atoms with E-state index in [9.17, 15) is 4.79 Å². The van der Waals surface area contributed by atoms with Gasteiger partial charge in [-0.15, -0.1) is 0 Å². The first-order valence-corrected chi connectivity index (χ1v) is 4.91. The van der Waals surface area contributed by atoms with E-state index < -0.39 is 12.0 Å². The quantitative estimate of drug-likeness (QED) is 0.797. The molecule has 1 atom stereocenters. The molecule has 0 aromatic heterocycles. The minimum Gasteiger partial charge on any atom is -0.480 e. The lowest BCUT2D eigenvalue weighted by Crippen LogP contribution is -2.30. The Morgan fingerprint density at radius 3 is 2.77 bits per heavy atom. The van der Waals surface area contributed by atoms with Gasteiger partial charge in [0.2, 0.25) is 0 Å². The number of aliphatic carboxylic acids is 1. The second-order valence-corrected chi connectivity index (χ2v) is 4.11. The average Bonchev–Trinajstić information content (AvgIpc) is 2.08. The third-order valence-electron chi connectivity index (χ3n) is 1.98. The second-order valence-electron chi connectivity index (χ2n) is 3.09. The standard InChI is InChI=1S/C9H12BrNO2/c10-7-3-1-6(2-4-7)5-8(11)9(12)13/h1,3,8H,2,4-5,11H2,(H,12,13)/t8-/m0/s1. The molecule has 1 rings (SSSR count). The van der Waals surface area contributed by atoms with Gasteiger partial charge in [-0.1, -0.05) is 33.7 Å². The van der Waals surface area contributed by atoms with E-state index >= 15 is 0 Å². The molecule has 3 N–H and O–H groups in total. The van der Waals surface area contributed by atoms with Crippen molar-refractivity contribution in [3.63, 3.8) is 0 Å². The van der Waals surface area contributed by atoms with Crippen LogP contribution in [0.15, 0.2) is 22.2 Å². The van der Waals surface area contributed by atoms with Gasteiger partial charge in [-0.2, -0.15) is 0 Å². The van der Waals surface area contributed by atoms with Gasteiger partial charge in [0.1, 0.15) is 6.04 Å². The number of carboxylic acids is 1. The summed E-state index contributed by atoms with van der Waals surface area (Å²) in [6, 6.07) is -0.767. The summed E-state index contributed by atoms with van der Waals surface area (Å²) in [6.07, 6.45) is 6.19. The summed E-state index contributed by atoms with van der Waals surface area (Å²) in [5.41, 5.74) is 6.52. The third kappa shape index (κ3) is 3.32. The van der Waals surface area contributed by atoms with Crippen LogP contribution in [-0.2, 0) is 4.79 Å². The van der Waals surface area contributed by atoms with Crippen LogP contribution in [-0.4, -0.2) is 17.1 Å². The summed E-state index contributed by atoms with van der Waals surface area (Å²) >= 11 is 3.38. The van der Waals surface area contributed by atoms with E-state index in [-0.39, 0.29) is 0 Å². The van der Waals surface area contributed by atoms with Crippen LogP contribution in [0.2, 0.25) is 0 Å². The van der Waals surface area contributed by atoms with Crippen molar-refractivity contribution < 1.29 is 9.90 Å².